The van der Waals surface area contributed by atoms with Gasteiger partial charge in [-0.3, -0.25) is 4.79 Å². The molecule has 3 rings (SSSR count). The van der Waals surface area contributed by atoms with Gasteiger partial charge in [0.05, 0.1) is 24.5 Å². The van der Waals surface area contributed by atoms with E-state index in [4.69, 9.17) is 4.74 Å². The van der Waals surface area contributed by atoms with Crippen LogP contribution in [0.2, 0.25) is 0 Å². The van der Waals surface area contributed by atoms with Gasteiger partial charge in [-0.1, -0.05) is 31.2 Å². The summed E-state index contributed by atoms with van der Waals surface area (Å²) in [5.74, 6) is 0.670. The van der Waals surface area contributed by atoms with Crippen molar-refractivity contribution in [1.82, 2.24) is 9.97 Å². The third-order valence-electron chi connectivity index (χ3n) is 3.48. The number of nitrogens with zero attached hydrogens (tertiary/aromatic N) is 1. The Labute approximate surface area is 111 Å². The van der Waals surface area contributed by atoms with Crippen molar-refractivity contribution in [2.45, 2.75) is 26.4 Å². The normalized spacial score (nSPS) is 14.2. The van der Waals surface area contributed by atoms with E-state index in [1.54, 1.807) is 0 Å². The fraction of sp³-hybridized carbons (Fsp3) is 0.333. The summed E-state index contributed by atoms with van der Waals surface area (Å²) >= 11 is 0. The van der Waals surface area contributed by atoms with E-state index in [1.807, 2.05) is 18.2 Å². The Morgan fingerprint density at radius 2 is 2.21 bits per heavy atom. The summed E-state index contributed by atoms with van der Waals surface area (Å²) in [7, 11) is 0. The zero-order valence-corrected chi connectivity index (χ0v) is 10.9. The summed E-state index contributed by atoms with van der Waals surface area (Å²) < 4.78 is 5.31. The van der Waals surface area contributed by atoms with E-state index in [0.29, 0.717) is 31.0 Å². The molecule has 4 heteroatoms. The predicted octanol–water partition coefficient (Wildman–Crippen LogP) is 2.07. The Morgan fingerprint density at radius 3 is 3.05 bits per heavy atom. The SMILES string of the molecule is CCc1ccccc1-c1nc2c(c(=O)[nH]1)COCC2. The van der Waals surface area contributed by atoms with Gasteiger partial charge in [0.25, 0.3) is 5.56 Å². The van der Waals surface area contributed by atoms with Crippen LogP contribution in [0.4, 0.5) is 0 Å². The van der Waals surface area contributed by atoms with Crippen molar-refractivity contribution in [2.24, 2.45) is 0 Å². The molecule has 0 radical (unpaired) electrons. The highest BCUT2D eigenvalue weighted by Gasteiger charge is 2.17. The molecule has 0 fully saturated rings. The third-order valence-corrected chi connectivity index (χ3v) is 3.48. The van der Waals surface area contributed by atoms with Gasteiger partial charge < -0.3 is 9.72 Å². The van der Waals surface area contributed by atoms with Gasteiger partial charge in [0.1, 0.15) is 5.82 Å². The summed E-state index contributed by atoms with van der Waals surface area (Å²) in [6, 6.07) is 8.05. The number of rotatable bonds is 2. The highest BCUT2D eigenvalue weighted by atomic mass is 16.5. The molecule has 1 aliphatic rings. The van der Waals surface area contributed by atoms with Crippen LogP contribution in [0.3, 0.4) is 0 Å². The van der Waals surface area contributed by atoms with Crippen LogP contribution in [0.15, 0.2) is 29.1 Å². The fourth-order valence-electron chi connectivity index (χ4n) is 2.43. The average molecular weight is 256 g/mol. The largest absolute Gasteiger partial charge is 0.376 e. The number of hydrogen-bond acceptors (Lipinski definition) is 3. The summed E-state index contributed by atoms with van der Waals surface area (Å²) in [5, 5.41) is 0. The van der Waals surface area contributed by atoms with Crippen LogP contribution in [-0.2, 0) is 24.2 Å². The minimum absolute atomic E-state index is 0.0781. The maximum absolute atomic E-state index is 12.1. The molecule has 0 unspecified atom stereocenters. The molecule has 1 N–H and O–H groups in total. The molecule has 2 heterocycles. The molecule has 0 atom stereocenters. The highest BCUT2D eigenvalue weighted by molar-refractivity contribution is 5.60. The number of H-pyrrole nitrogens is 1. The van der Waals surface area contributed by atoms with Gasteiger partial charge in [-0.15, -0.1) is 0 Å². The molecule has 0 saturated heterocycles. The van der Waals surface area contributed by atoms with Crippen molar-refractivity contribution in [2.75, 3.05) is 6.61 Å². The lowest BCUT2D eigenvalue weighted by molar-refractivity contribution is 0.108. The lowest BCUT2D eigenvalue weighted by Gasteiger charge is -2.16. The van der Waals surface area contributed by atoms with Crippen LogP contribution < -0.4 is 5.56 Å². The number of aromatic amines is 1. The Balaban J connectivity index is 2.16. The van der Waals surface area contributed by atoms with Gasteiger partial charge in [0.15, 0.2) is 0 Å². The van der Waals surface area contributed by atoms with E-state index >= 15 is 0 Å². The molecule has 0 aliphatic carbocycles. The molecule has 4 nitrogen and oxygen atoms in total. The van der Waals surface area contributed by atoms with Crippen molar-refractivity contribution in [3.05, 3.63) is 51.4 Å². The van der Waals surface area contributed by atoms with Crippen LogP contribution in [0.5, 0.6) is 0 Å². The van der Waals surface area contributed by atoms with Crippen LogP contribution in [-0.4, -0.2) is 16.6 Å². The van der Waals surface area contributed by atoms with Crippen molar-refractivity contribution in [3.8, 4) is 11.4 Å². The minimum Gasteiger partial charge on any atom is -0.376 e. The Kier molecular flexibility index (Phi) is 3.17. The van der Waals surface area contributed by atoms with Crippen molar-refractivity contribution < 1.29 is 4.74 Å². The summed E-state index contributed by atoms with van der Waals surface area (Å²) in [6.07, 6.45) is 1.63. The van der Waals surface area contributed by atoms with Crippen molar-refractivity contribution in [1.29, 1.82) is 0 Å². The van der Waals surface area contributed by atoms with Gasteiger partial charge in [-0.25, -0.2) is 4.98 Å². The zero-order valence-electron chi connectivity index (χ0n) is 10.9. The highest BCUT2D eigenvalue weighted by Crippen LogP contribution is 2.21. The van der Waals surface area contributed by atoms with Crippen molar-refractivity contribution in [3.63, 3.8) is 0 Å². The molecule has 19 heavy (non-hydrogen) atoms. The summed E-state index contributed by atoms with van der Waals surface area (Å²) in [6.45, 7) is 3.11. The number of hydrogen-bond donors (Lipinski definition) is 1. The Hall–Kier alpha value is -1.94. The van der Waals surface area contributed by atoms with E-state index in [9.17, 15) is 4.79 Å². The first-order valence-corrected chi connectivity index (χ1v) is 6.57. The lowest BCUT2D eigenvalue weighted by Crippen LogP contribution is -2.24. The van der Waals surface area contributed by atoms with Crippen LogP contribution in [0.25, 0.3) is 11.4 Å². The van der Waals surface area contributed by atoms with Gasteiger partial charge in [-0.05, 0) is 12.0 Å². The number of nitrogens with one attached hydrogen (secondary N) is 1. The number of fused-ring (bicyclic) bond motifs is 1. The van der Waals surface area contributed by atoms with Gasteiger partial charge in [-0.2, -0.15) is 0 Å². The van der Waals surface area contributed by atoms with E-state index in [2.05, 4.69) is 23.0 Å². The second kappa shape index (κ2) is 4.97. The van der Waals surface area contributed by atoms with E-state index in [1.165, 1.54) is 5.56 Å². The molecule has 1 aromatic carbocycles. The average Bonchev–Trinajstić information content (AvgIpc) is 2.47. The number of aromatic nitrogens is 2. The molecule has 0 bridgehead atoms. The standard InChI is InChI=1S/C15H16N2O2/c1-2-10-5-3-4-6-11(10)14-16-13-7-8-19-9-12(13)15(18)17-14/h3-6H,2,7-9H2,1H3,(H,16,17,18). The van der Waals surface area contributed by atoms with Gasteiger partial charge in [0, 0.05) is 12.0 Å². The molecular weight excluding hydrogens is 240 g/mol. The number of ether oxygens (including phenoxy) is 1. The first kappa shape index (κ1) is 12.1. The van der Waals surface area contributed by atoms with Crippen molar-refractivity contribution >= 4 is 0 Å². The smallest absolute Gasteiger partial charge is 0.256 e. The maximum atomic E-state index is 12.1. The minimum atomic E-state index is -0.0781. The zero-order chi connectivity index (χ0) is 13.2. The van der Waals surface area contributed by atoms with Gasteiger partial charge >= 0.3 is 0 Å². The first-order valence-electron chi connectivity index (χ1n) is 6.57. The first-order chi connectivity index (χ1) is 9.29. The summed E-state index contributed by atoms with van der Waals surface area (Å²) in [4.78, 5) is 19.6. The van der Waals surface area contributed by atoms with Gasteiger partial charge in [0.2, 0.25) is 0 Å². The Bertz CT molecular complexity index is 661. The molecule has 98 valence electrons. The quantitative estimate of drug-likeness (QED) is 0.895. The maximum Gasteiger partial charge on any atom is 0.256 e. The predicted molar refractivity (Wildman–Crippen MR) is 73.0 cm³/mol. The monoisotopic (exact) mass is 256 g/mol. The van der Waals surface area contributed by atoms with E-state index in [0.717, 1.165) is 17.7 Å². The second-order valence-corrected chi connectivity index (χ2v) is 4.65. The Morgan fingerprint density at radius 1 is 1.37 bits per heavy atom. The molecule has 2 aromatic rings. The van der Waals surface area contributed by atoms with Crippen LogP contribution in [0.1, 0.15) is 23.7 Å². The van der Waals surface area contributed by atoms with Crippen LogP contribution in [0, 0.1) is 0 Å². The summed E-state index contributed by atoms with van der Waals surface area (Å²) in [5.41, 5.74) is 3.67. The molecule has 0 spiro atoms. The van der Waals surface area contributed by atoms with E-state index in [-0.39, 0.29) is 5.56 Å². The molecular formula is C15H16N2O2. The molecule has 1 aliphatic heterocycles. The second-order valence-electron chi connectivity index (χ2n) is 4.65. The number of aryl methyl sites for hydroxylation is 1. The van der Waals surface area contributed by atoms with Crippen LogP contribution >= 0.6 is 0 Å². The number of benzene rings is 1. The molecule has 0 amide bonds. The molecule has 1 aromatic heterocycles. The lowest BCUT2D eigenvalue weighted by atomic mass is 10.0. The fourth-order valence-corrected chi connectivity index (χ4v) is 2.43. The van der Waals surface area contributed by atoms with E-state index < -0.39 is 0 Å². The topological polar surface area (TPSA) is 55.0 Å². The molecule has 0 saturated carbocycles. The third kappa shape index (κ3) is 2.19.